The number of ether oxygens (including phenoxy) is 1. The maximum atomic E-state index is 12.5. The van der Waals surface area contributed by atoms with Gasteiger partial charge in [-0.25, -0.2) is 0 Å². The molecule has 1 amide bonds. The molecule has 1 aromatic carbocycles. The highest BCUT2D eigenvalue weighted by Gasteiger charge is 2.39. The Morgan fingerprint density at radius 3 is 2.83 bits per heavy atom. The maximum Gasteiger partial charge on any atom is 0.305 e. The van der Waals surface area contributed by atoms with Gasteiger partial charge in [0.05, 0.1) is 18.6 Å². The van der Waals surface area contributed by atoms with E-state index in [-0.39, 0.29) is 18.8 Å². The van der Waals surface area contributed by atoms with Gasteiger partial charge < -0.3 is 19.6 Å². The van der Waals surface area contributed by atoms with Crippen molar-refractivity contribution in [3.63, 3.8) is 0 Å². The molecule has 0 aliphatic carbocycles. The molecular formula is C16H16BrNO5. The van der Waals surface area contributed by atoms with Crippen molar-refractivity contribution in [3.8, 4) is 0 Å². The van der Waals surface area contributed by atoms with E-state index < -0.39 is 17.4 Å². The number of rotatable bonds is 4. The molecule has 2 N–H and O–H groups in total. The van der Waals surface area contributed by atoms with Crippen LogP contribution in [0.3, 0.4) is 0 Å². The lowest BCUT2D eigenvalue weighted by atomic mass is 9.94. The Bertz CT molecular complexity index is 776. The zero-order valence-corrected chi connectivity index (χ0v) is 14.1. The summed E-state index contributed by atoms with van der Waals surface area (Å²) in [6.45, 7) is 2.52. The van der Waals surface area contributed by atoms with Crippen molar-refractivity contribution in [2.75, 3.05) is 13.2 Å². The molecule has 7 heteroatoms. The molecule has 2 aromatic rings. The van der Waals surface area contributed by atoms with Gasteiger partial charge in [0.15, 0.2) is 5.76 Å². The first-order valence-corrected chi connectivity index (χ1v) is 8.00. The van der Waals surface area contributed by atoms with Crippen molar-refractivity contribution in [3.05, 3.63) is 34.0 Å². The highest BCUT2D eigenvalue weighted by molar-refractivity contribution is 9.10. The van der Waals surface area contributed by atoms with Gasteiger partial charge in [-0.05, 0) is 37.1 Å². The van der Waals surface area contributed by atoms with Gasteiger partial charge in [0, 0.05) is 16.5 Å². The van der Waals surface area contributed by atoms with Crippen molar-refractivity contribution >= 4 is 38.8 Å². The highest BCUT2D eigenvalue weighted by Crippen LogP contribution is 2.28. The third kappa shape index (κ3) is 3.25. The van der Waals surface area contributed by atoms with Crippen LogP contribution in [0.4, 0.5) is 0 Å². The lowest BCUT2D eigenvalue weighted by molar-refractivity contribution is -0.138. The molecule has 1 aliphatic heterocycles. The Balaban J connectivity index is 1.88. The van der Waals surface area contributed by atoms with Gasteiger partial charge in [-0.2, -0.15) is 0 Å². The number of aliphatic carboxylic acids is 1. The molecule has 122 valence electrons. The molecule has 1 fully saturated rings. The molecule has 1 saturated heterocycles. The van der Waals surface area contributed by atoms with Gasteiger partial charge >= 0.3 is 5.97 Å². The van der Waals surface area contributed by atoms with Crippen molar-refractivity contribution in [2.45, 2.75) is 25.3 Å². The number of nitrogens with one attached hydrogen (secondary N) is 1. The molecule has 1 unspecified atom stereocenters. The number of furan rings is 1. The quantitative estimate of drug-likeness (QED) is 0.849. The molecule has 6 nitrogen and oxygen atoms in total. The minimum atomic E-state index is -0.972. The molecule has 1 atom stereocenters. The zero-order chi connectivity index (χ0) is 16.6. The first-order chi connectivity index (χ1) is 10.9. The summed E-state index contributed by atoms with van der Waals surface area (Å²) >= 11 is 3.41. The number of aryl methyl sites for hydroxylation is 1. The van der Waals surface area contributed by atoms with Crippen LogP contribution < -0.4 is 5.32 Å². The van der Waals surface area contributed by atoms with E-state index in [1.54, 1.807) is 6.07 Å². The number of carbonyl (C=O) groups is 2. The van der Waals surface area contributed by atoms with Gasteiger partial charge in [-0.1, -0.05) is 15.9 Å². The third-order valence-electron chi connectivity index (χ3n) is 3.96. The van der Waals surface area contributed by atoms with E-state index in [1.807, 2.05) is 19.1 Å². The monoisotopic (exact) mass is 381 g/mol. The zero-order valence-electron chi connectivity index (χ0n) is 12.5. The summed E-state index contributed by atoms with van der Waals surface area (Å²) in [4.78, 5) is 23.6. The lowest BCUT2D eigenvalue weighted by Crippen LogP contribution is -2.50. The van der Waals surface area contributed by atoms with E-state index in [1.165, 1.54) is 0 Å². The normalized spacial score (nSPS) is 20.8. The van der Waals surface area contributed by atoms with Crippen LogP contribution in [0.2, 0.25) is 0 Å². The van der Waals surface area contributed by atoms with Gasteiger partial charge in [-0.15, -0.1) is 0 Å². The Kier molecular flexibility index (Phi) is 4.16. The smallest absolute Gasteiger partial charge is 0.305 e. The average Bonchev–Trinajstić information content (AvgIpc) is 3.05. The molecule has 0 spiro atoms. The van der Waals surface area contributed by atoms with Gasteiger partial charge in [0.1, 0.15) is 5.58 Å². The minimum Gasteiger partial charge on any atom is -0.481 e. The number of hydrogen-bond donors (Lipinski definition) is 2. The van der Waals surface area contributed by atoms with Crippen LogP contribution in [-0.4, -0.2) is 35.7 Å². The maximum absolute atomic E-state index is 12.5. The fourth-order valence-corrected chi connectivity index (χ4v) is 3.47. The molecule has 1 aromatic heterocycles. The van der Waals surface area contributed by atoms with E-state index in [0.29, 0.717) is 18.6 Å². The van der Waals surface area contributed by atoms with Gasteiger partial charge in [0.25, 0.3) is 5.91 Å². The van der Waals surface area contributed by atoms with Gasteiger partial charge in [-0.3, -0.25) is 9.59 Å². The summed E-state index contributed by atoms with van der Waals surface area (Å²) in [7, 11) is 0. The van der Waals surface area contributed by atoms with Crippen LogP contribution in [0.5, 0.6) is 0 Å². The molecule has 23 heavy (non-hydrogen) atoms. The van der Waals surface area contributed by atoms with Crippen LogP contribution in [0.15, 0.2) is 27.1 Å². The van der Waals surface area contributed by atoms with E-state index in [0.717, 1.165) is 15.4 Å². The second kappa shape index (κ2) is 5.98. The van der Waals surface area contributed by atoms with Crippen molar-refractivity contribution in [2.24, 2.45) is 0 Å². The van der Waals surface area contributed by atoms with Crippen molar-refractivity contribution in [1.82, 2.24) is 5.32 Å². The summed E-state index contributed by atoms with van der Waals surface area (Å²) < 4.78 is 11.8. The predicted molar refractivity (Wildman–Crippen MR) is 86.5 cm³/mol. The Hall–Kier alpha value is -1.86. The standard InChI is InChI=1S/C16H16BrNO5/c1-9-4-11(17)5-10-6-12(23-14(9)10)15(21)18-16(7-13(19)20)2-3-22-8-16/h4-6H,2-3,7-8H2,1H3,(H,18,21)(H,19,20). The largest absolute Gasteiger partial charge is 0.481 e. The number of benzene rings is 1. The molecule has 0 saturated carbocycles. The predicted octanol–water partition coefficient (Wildman–Crippen LogP) is 2.87. The average molecular weight is 382 g/mol. The first kappa shape index (κ1) is 16.0. The molecule has 0 bridgehead atoms. The number of amides is 1. The number of hydrogen-bond acceptors (Lipinski definition) is 4. The van der Waals surface area contributed by atoms with Crippen LogP contribution >= 0.6 is 15.9 Å². The number of carbonyl (C=O) groups excluding carboxylic acids is 1. The third-order valence-corrected chi connectivity index (χ3v) is 4.42. The Morgan fingerprint density at radius 2 is 2.17 bits per heavy atom. The Labute approximate surface area is 140 Å². The van der Waals surface area contributed by atoms with Crippen LogP contribution in [-0.2, 0) is 9.53 Å². The summed E-state index contributed by atoms with van der Waals surface area (Å²) in [6, 6.07) is 5.44. The SMILES string of the molecule is Cc1cc(Br)cc2cc(C(=O)NC3(CC(=O)O)CCOC3)oc12. The fraction of sp³-hybridized carbons (Fsp3) is 0.375. The van der Waals surface area contributed by atoms with Crippen molar-refractivity contribution in [1.29, 1.82) is 0 Å². The molecule has 3 rings (SSSR count). The topological polar surface area (TPSA) is 88.8 Å². The van der Waals surface area contributed by atoms with Crippen LogP contribution in [0.1, 0.15) is 29.0 Å². The summed E-state index contributed by atoms with van der Waals surface area (Å²) in [6.07, 6.45) is 0.291. The molecule has 2 heterocycles. The number of fused-ring (bicyclic) bond motifs is 1. The molecule has 1 aliphatic rings. The minimum absolute atomic E-state index is 0.165. The van der Waals surface area contributed by atoms with E-state index in [9.17, 15) is 9.59 Å². The van der Waals surface area contributed by atoms with Crippen molar-refractivity contribution < 1.29 is 23.8 Å². The number of carboxylic acids is 1. The second-order valence-electron chi connectivity index (χ2n) is 5.86. The van der Waals surface area contributed by atoms with Crippen LogP contribution in [0.25, 0.3) is 11.0 Å². The molecule has 0 radical (unpaired) electrons. The number of carboxylic acid groups (broad SMARTS) is 1. The number of halogens is 1. The van der Waals surface area contributed by atoms with Gasteiger partial charge in [0.2, 0.25) is 0 Å². The summed E-state index contributed by atoms with van der Waals surface area (Å²) in [5, 5.41) is 12.7. The first-order valence-electron chi connectivity index (χ1n) is 7.20. The lowest BCUT2D eigenvalue weighted by Gasteiger charge is -2.26. The highest BCUT2D eigenvalue weighted by atomic mass is 79.9. The van der Waals surface area contributed by atoms with E-state index >= 15 is 0 Å². The second-order valence-corrected chi connectivity index (χ2v) is 6.77. The van der Waals surface area contributed by atoms with Crippen LogP contribution in [0, 0.1) is 6.92 Å². The summed E-state index contributed by atoms with van der Waals surface area (Å²) in [5.41, 5.74) is 0.684. The van der Waals surface area contributed by atoms with E-state index in [2.05, 4.69) is 21.2 Å². The Morgan fingerprint density at radius 1 is 1.39 bits per heavy atom. The molecular weight excluding hydrogens is 366 g/mol. The van der Waals surface area contributed by atoms with E-state index in [4.69, 9.17) is 14.3 Å². The summed E-state index contributed by atoms with van der Waals surface area (Å²) in [5.74, 6) is -1.23. The fourth-order valence-electron chi connectivity index (χ4n) is 2.88.